The van der Waals surface area contributed by atoms with E-state index in [1.807, 2.05) is 26.0 Å². The Kier molecular flexibility index (Phi) is 10.0. The first-order valence-corrected chi connectivity index (χ1v) is 13.5. The Labute approximate surface area is 237 Å². The molecule has 2 N–H and O–H groups in total. The molecular weight excluding hydrogens is 534 g/mol. The molecule has 1 aliphatic carbocycles. The van der Waals surface area contributed by atoms with Gasteiger partial charge in [-0.2, -0.15) is 0 Å². The first kappa shape index (κ1) is 29.7. The number of fused-ring (bicyclic) bond motifs is 3. The molecule has 0 unspecified atom stereocenters. The van der Waals surface area contributed by atoms with E-state index in [1.54, 1.807) is 24.3 Å². The van der Waals surface area contributed by atoms with Crippen LogP contribution in [0.25, 0.3) is 11.1 Å². The van der Waals surface area contributed by atoms with Crippen molar-refractivity contribution in [3.8, 4) is 11.1 Å². The summed E-state index contributed by atoms with van der Waals surface area (Å²) < 4.78 is 16.0. The summed E-state index contributed by atoms with van der Waals surface area (Å²) in [6.07, 6.45) is 0.321. The molecular formula is C29H33N3O9. The molecule has 0 atom stereocenters. The summed E-state index contributed by atoms with van der Waals surface area (Å²) in [5.74, 6) is -2.34. The number of hydrogen-bond acceptors (Lipinski definition) is 9. The molecule has 41 heavy (non-hydrogen) atoms. The molecule has 0 spiro atoms. The second-order valence-corrected chi connectivity index (χ2v) is 9.59. The summed E-state index contributed by atoms with van der Waals surface area (Å²) >= 11 is 0. The Balaban J connectivity index is 1.54. The summed E-state index contributed by atoms with van der Waals surface area (Å²) in [4.78, 5) is 65.5. The van der Waals surface area contributed by atoms with Crippen molar-refractivity contribution in [2.24, 2.45) is 0 Å². The van der Waals surface area contributed by atoms with Gasteiger partial charge in [-0.05, 0) is 59.4 Å². The quantitative estimate of drug-likeness (QED) is 0.210. The van der Waals surface area contributed by atoms with Gasteiger partial charge >= 0.3 is 6.16 Å². The fourth-order valence-corrected chi connectivity index (χ4v) is 4.62. The largest absolute Gasteiger partial charge is 0.533 e. The molecule has 0 radical (unpaired) electrons. The van der Waals surface area contributed by atoms with Crippen LogP contribution < -0.4 is 10.6 Å². The minimum absolute atomic E-state index is 0.0363. The molecule has 2 aliphatic rings. The van der Waals surface area contributed by atoms with Gasteiger partial charge in [0.2, 0.25) is 11.8 Å². The topological polar surface area (TPSA) is 150 Å². The molecule has 2 aromatic rings. The third-order valence-electron chi connectivity index (χ3n) is 6.41. The normalized spacial score (nSPS) is 14.0. The molecule has 4 amide bonds. The van der Waals surface area contributed by atoms with Gasteiger partial charge < -0.3 is 24.8 Å². The van der Waals surface area contributed by atoms with Gasteiger partial charge in [-0.3, -0.25) is 24.0 Å². The number of anilines is 2. The molecule has 12 heteroatoms. The number of carbonyl (C=O) groups excluding carboxylic acids is 5. The van der Waals surface area contributed by atoms with E-state index in [-0.39, 0.29) is 44.5 Å². The number of nitrogens with zero attached hydrogens (tertiary/aromatic N) is 1. The summed E-state index contributed by atoms with van der Waals surface area (Å²) in [6, 6.07) is 10.8. The number of benzene rings is 2. The lowest BCUT2D eigenvalue weighted by Gasteiger charge is -2.17. The van der Waals surface area contributed by atoms with Crippen LogP contribution in [0.2, 0.25) is 0 Å². The number of ether oxygens (including phenoxy) is 3. The van der Waals surface area contributed by atoms with Crippen molar-refractivity contribution in [3.63, 3.8) is 0 Å². The molecule has 4 rings (SSSR count). The molecule has 1 fully saturated rings. The van der Waals surface area contributed by atoms with Gasteiger partial charge in [0.15, 0.2) is 0 Å². The van der Waals surface area contributed by atoms with Crippen molar-refractivity contribution in [1.29, 1.82) is 0 Å². The highest BCUT2D eigenvalue weighted by Gasteiger charge is 2.35. The standard InChI is InChI=1S/C29H33N3O9/c1-3-11-38-16-25(33)30-18-5-7-20-21-8-6-19(31-26(34)17-39-12-4-2)14-23(21)24(22(20)13-18)15-40-29(37)41-32-27(35)9-10-28(32)36/h5-8,13-14,24H,3-4,9-12,15-17H2,1-2H3,(H,30,33)(H,31,34). The van der Waals surface area contributed by atoms with Crippen LogP contribution in [0.3, 0.4) is 0 Å². The number of hydroxylamine groups is 2. The Morgan fingerprint density at radius 2 is 1.29 bits per heavy atom. The summed E-state index contributed by atoms with van der Waals surface area (Å²) in [5, 5.41) is 6.05. The second kappa shape index (κ2) is 13.9. The summed E-state index contributed by atoms with van der Waals surface area (Å²) in [7, 11) is 0. The maximum absolute atomic E-state index is 12.4. The highest BCUT2D eigenvalue weighted by atomic mass is 16.8. The fraction of sp³-hybridized carbons (Fsp3) is 0.414. The van der Waals surface area contributed by atoms with Crippen molar-refractivity contribution >= 4 is 41.2 Å². The summed E-state index contributed by atoms with van der Waals surface area (Å²) in [5.41, 5.74) is 4.31. The van der Waals surface area contributed by atoms with Crippen LogP contribution >= 0.6 is 0 Å². The van der Waals surface area contributed by atoms with E-state index in [2.05, 4.69) is 10.6 Å². The van der Waals surface area contributed by atoms with E-state index >= 15 is 0 Å². The summed E-state index contributed by atoms with van der Waals surface area (Å²) in [6.45, 7) is 4.49. The van der Waals surface area contributed by atoms with Crippen molar-refractivity contribution in [2.45, 2.75) is 45.4 Å². The number of amides is 4. The Bertz CT molecular complexity index is 1240. The lowest BCUT2D eigenvalue weighted by molar-refractivity contribution is -0.177. The van der Waals surface area contributed by atoms with Crippen LogP contribution in [0.1, 0.15) is 56.6 Å². The number of nitrogens with one attached hydrogen (secondary N) is 2. The van der Waals surface area contributed by atoms with E-state index in [1.165, 1.54) is 0 Å². The number of hydrogen-bond donors (Lipinski definition) is 2. The van der Waals surface area contributed by atoms with Crippen molar-refractivity contribution in [1.82, 2.24) is 5.06 Å². The highest BCUT2D eigenvalue weighted by Crippen LogP contribution is 2.47. The van der Waals surface area contributed by atoms with Crippen LogP contribution in [-0.2, 0) is 38.2 Å². The van der Waals surface area contributed by atoms with Crippen LogP contribution in [0.5, 0.6) is 0 Å². The van der Waals surface area contributed by atoms with Gasteiger partial charge in [0.1, 0.15) is 19.8 Å². The number of carbonyl (C=O) groups is 5. The molecule has 0 saturated carbocycles. The maximum Gasteiger partial charge on any atom is 0.533 e. The van der Waals surface area contributed by atoms with Crippen LogP contribution in [-0.4, -0.2) is 67.9 Å². The third-order valence-corrected chi connectivity index (χ3v) is 6.41. The predicted molar refractivity (Wildman–Crippen MR) is 147 cm³/mol. The van der Waals surface area contributed by atoms with E-state index in [0.29, 0.717) is 29.7 Å². The third kappa shape index (κ3) is 7.47. The van der Waals surface area contributed by atoms with Gasteiger partial charge in [0.05, 0.1) is 0 Å². The van der Waals surface area contributed by atoms with Crippen LogP contribution in [0, 0.1) is 0 Å². The molecule has 12 nitrogen and oxygen atoms in total. The maximum atomic E-state index is 12.4. The van der Waals surface area contributed by atoms with Crippen molar-refractivity contribution in [3.05, 3.63) is 47.5 Å². The Morgan fingerprint density at radius 1 is 0.805 bits per heavy atom. The lowest BCUT2D eigenvalue weighted by Crippen LogP contribution is -2.32. The monoisotopic (exact) mass is 567 g/mol. The second-order valence-electron chi connectivity index (χ2n) is 9.59. The molecule has 0 aromatic heterocycles. The molecule has 1 aliphatic heterocycles. The molecule has 218 valence electrons. The first-order valence-electron chi connectivity index (χ1n) is 13.5. The van der Waals surface area contributed by atoms with E-state index in [0.717, 1.165) is 35.1 Å². The average molecular weight is 568 g/mol. The minimum Gasteiger partial charge on any atom is -0.432 e. The molecule has 1 heterocycles. The average Bonchev–Trinajstić information content (AvgIpc) is 3.42. The van der Waals surface area contributed by atoms with Gasteiger partial charge in [-0.1, -0.05) is 31.0 Å². The lowest BCUT2D eigenvalue weighted by atomic mass is 9.97. The fourth-order valence-electron chi connectivity index (χ4n) is 4.62. The molecule has 1 saturated heterocycles. The zero-order valence-electron chi connectivity index (χ0n) is 23.0. The zero-order chi connectivity index (χ0) is 29.4. The van der Waals surface area contributed by atoms with Gasteiger partial charge in [0.25, 0.3) is 11.8 Å². The number of imide groups is 1. The highest BCUT2D eigenvalue weighted by molar-refractivity contribution is 6.01. The molecule has 0 bridgehead atoms. The Hall–Kier alpha value is -4.29. The first-order chi connectivity index (χ1) is 19.8. The Morgan fingerprint density at radius 3 is 1.76 bits per heavy atom. The molecule has 2 aromatic carbocycles. The van der Waals surface area contributed by atoms with E-state index < -0.39 is 23.9 Å². The number of rotatable bonds is 13. The van der Waals surface area contributed by atoms with Crippen LogP contribution in [0.4, 0.5) is 16.2 Å². The van der Waals surface area contributed by atoms with Gasteiger partial charge in [0, 0.05) is 43.3 Å². The van der Waals surface area contributed by atoms with E-state index in [9.17, 15) is 24.0 Å². The smallest absolute Gasteiger partial charge is 0.432 e. The van der Waals surface area contributed by atoms with Gasteiger partial charge in [-0.15, -0.1) is 0 Å². The predicted octanol–water partition coefficient (Wildman–Crippen LogP) is 3.75. The zero-order valence-corrected chi connectivity index (χ0v) is 23.0. The van der Waals surface area contributed by atoms with E-state index in [4.69, 9.17) is 19.0 Å². The SMILES string of the molecule is CCCOCC(=O)Nc1ccc2c(c1)C(COC(=O)ON1C(=O)CCC1=O)c1cc(NC(=O)COCCC)ccc1-2. The van der Waals surface area contributed by atoms with Crippen molar-refractivity contribution in [2.75, 3.05) is 43.7 Å². The minimum atomic E-state index is -1.20. The van der Waals surface area contributed by atoms with Crippen molar-refractivity contribution < 1.29 is 43.0 Å². The van der Waals surface area contributed by atoms with Crippen LogP contribution in [0.15, 0.2) is 36.4 Å². The van der Waals surface area contributed by atoms with Gasteiger partial charge in [-0.25, -0.2) is 4.79 Å².